The molecule has 0 unspecified atom stereocenters. The SMILES string of the molecule is Cl.N[C@@H](CC(=O)O)c1cc(F)ccc1F. The van der Waals surface area contributed by atoms with Gasteiger partial charge in [0.25, 0.3) is 0 Å². The second-order valence-corrected chi connectivity index (χ2v) is 2.87. The van der Waals surface area contributed by atoms with E-state index in [1.54, 1.807) is 0 Å². The number of carboxylic acids is 1. The average molecular weight is 238 g/mol. The van der Waals surface area contributed by atoms with Gasteiger partial charge in [-0.05, 0) is 18.2 Å². The van der Waals surface area contributed by atoms with Crippen LogP contribution in [0.3, 0.4) is 0 Å². The Balaban J connectivity index is 0.00000196. The minimum absolute atomic E-state index is 0. The number of halogens is 3. The molecular weight excluding hydrogens is 228 g/mol. The standard InChI is InChI=1S/C9H9F2NO2.ClH/c10-5-1-2-7(11)6(3-5)8(12)4-9(13)14;/h1-3,8H,4,12H2,(H,13,14);1H/t8-;/m0./s1. The monoisotopic (exact) mass is 237 g/mol. The van der Waals surface area contributed by atoms with E-state index in [0.717, 1.165) is 18.2 Å². The first-order valence-electron chi connectivity index (χ1n) is 3.93. The zero-order valence-electron chi connectivity index (χ0n) is 7.61. The quantitative estimate of drug-likeness (QED) is 0.844. The van der Waals surface area contributed by atoms with Crippen molar-refractivity contribution >= 4 is 18.4 Å². The van der Waals surface area contributed by atoms with Gasteiger partial charge in [0.15, 0.2) is 0 Å². The van der Waals surface area contributed by atoms with E-state index in [-0.39, 0.29) is 18.0 Å². The highest BCUT2D eigenvalue weighted by Crippen LogP contribution is 2.18. The van der Waals surface area contributed by atoms with Gasteiger partial charge in [-0.15, -0.1) is 12.4 Å². The summed E-state index contributed by atoms with van der Waals surface area (Å²) in [5.74, 6) is -2.48. The smallest absolute Gasteiger partial charge is 0.305 e. The molecule has 0 aliphatic carbocycles. The number of hydrogen-bond acceptors (Lipinski definition) is 2. The van der Waals surface area contributed by atoms with Gasteiger partial charge in [0.05, 0.1) is 6.42 Å². The van der Waals surface area contributed by atoms with E-state index in [1.165, 1.54) is 0 Å². The Morgan fingerprint density at radius 1 is 1.47 bits per heavy atom. The molecule has 15 heavy (non-hydrogen) atoms. The molecule has 84 valence electrons. The molecule has 0 amide bonds. The van der Waals surface area contributed by atoms with Gasteiger partial charge in [-0.25, -0.2) is 8.78 Å². The molecule has 1 atom stereocenters. The molecule has 3 N–H and O–H groups in total. The van der Waals surface area contributed by atoms with Gasteiger partial charge < -0.3 is 10.8 Å². The molecule has 1 rings (SSSR count). The number of rotatable bonds is 3. The van der Waals surface area contributed by atoms with Crippen molar-refractivity contribution in [1.82, 2.24) is 0 Å². The molecule has 0 aromatic heterocycles. The summed E-state index contributed by atoms with van der Waals surface area (Å²) in [6.45, 7) is 0. The second kappa shape index (κ2) is 5.63. The molecule has 0 heterocycles. The number of carboxylic acid groups (broad SMARTS) is 1. The van der Waals surface area contributed by atoms with Gasteiger partial charge >= 0.3 is 5.97 Å². The fourth-order valence-corrected chi connectivity index (χ4v) is 1.10. The molecular formula is C9H10ClF2NO2. The highest BCUT2D eigenvalue weighted by atomic mass is 35.5. The maximum atomic E-state index is 13.0. The summed E-state index contributed by atoms with van der Waals surface area (Å²) in [5.41, 5.74) is 5.26. The number of aliphatic carboxylic acids is 1. The Morgan fingerprint density at radius 2 is 2.07 bits per heavy atom. The molecule has 6 heteroatoms. The van der Waals surface area contributed by atoms with Crippen LogP contribution in [0.1, 0.15) is 18.0 Å². The van der Waals surface area contributed by atoms with Crippen LogP contribution < -0.4 is 5.73 Å². The Kier molecular flexibility index (Phi) is 5.18. The molecule has 0 saturated carbocycles. The maximum Gasteiger partial charge on any atom is 0.305 e. The predicted octanol–water partition coefficient (Wildman–Crippen LogP) is 1.86. The average Bonchev–Trinajstić information content (AvgIpc) is 2.08. The Bertz CT molecular complexity index is 360. The predicted molar refractivity (Wildman–Crippen MR) is 52.8 cm³/mol. The minimum Gasteiger partial charge on any atom is -0.481 e. The van der Waals surface area contributed by atoms with E-state index in [2.05, 4.69) is 0 Å². The number of benzene rings is 1. The van der Waals surface area contributed by atoms with Crippen molar-refractivity contribution in [3.63, 3.8) is 0 Å². The van der Waals surface area contributed by atoms with E-state index < -0.39 is 30.1 Å². The zero-order valence-corrected chi connectivity index (χ0v) is 8.43. The van der Waals surface area contributed by atoms with Crippen LogP contribution in [0.2, 0.25) is 0 Å². The van der Waals surface area contributed by atoms with Crippen LogP contribution in [0.15, 0.2) is 18.2 Å². The summed E-state index contributed by atoms with van der Waals surface area (Å²) >= 11 is 0. The van der Waals surface area contributed by atoms with Crippen LogP contribution in [-0.2, 0) is 4.79 Å². The largest absolute Gasteiger partial charge is 0.481 e. The lowest BCUT2D eigenvalue weighted by Crippen LogP contribution is -2.16. The number of nitrogens with two attached hydrogens (primary N) is 1. The van der Waals surface area contributed by atoms with Crippen molar-refractivity contribution in [1.29, 1.82) is 0 Å². The summed E-state index contributed by atoms with van der Waals surface area (Å²) in [4.78, 5) is 10.3. The second-order valence-electron chi connectivity index (χ2n) is 2.87. The van der Waals surface area contributed by atoms with Gasteiger partial charge in [-0.1, -0.05) is 0 Å². The fraction of sp³-hybridized carbons (Fsp3) is 0.222. The summed E-state index contributed by atoms with van der Waals surface area (Å²) in [7, 11) is 0. The lowest BCUT2D eigenvalue weighted by molar-refractivity contribution is -0.137. The van der Waals surface area contributed by atoms with Gasteiger partial charge in [-0.2, -0.15) is 0 Å². The highest BCUT2D eigenvalue weighted by molar-refractivity contribution is 5.85. The van der Waals surface area contributed by atoms with Gasteiger partial charge in [0, 0.05) is 11.6 Å². The van der Waals surface area contributed by atoms with Crippen LogP contribution in [0, 0.1) is 11.6 Å². The third-order valence-corrected chi connectivity index (χ3v) is 1.75. The van der Waals surface area contributed by atoms with E-state index in [4.69, 9.17) is 10.8 Å². The maximum absolute atomic E-state index is 13.0. The first-order chi connectivity index (χ1) is 6.50. The molecule has 1 aromatic carbocycles. The molecule has 0 radical (unpaired) electrons. The molecule has 0 spiro atoms. The van der Waals surface area contributed by atoms with E-state index in [0.29, 0.717) is 0 Å². The van der Waals surface area contributed by atoms with Crippen molar-refractivity contribution < 1.29 is 18.7 Å². The highest BCUT2D eigenvalue weighted by Gasteiger charge is 2.15. The van der Waals surface area contributed by atoms with Crippen LogP contribution in [0.4, 0.5) is 8.78 Å². The van der Waals surface area contributed by atoms with Gasteiger partial charge in [-0.3, -0.25) is 4.79 Å². The Labute approximate surface area is 91.3 Å². The van der Waals surface area contributed by atoms with Gasteiger partial charge in [0.1, 0.15) is 11.6 Å². The van der Waals surface area contributed by atoms with Crippen LogP contribution in [0.25, 0.3) is 0 Å². The van der Waals surface area contributed by atoms with E-state index >= 15 is 0 Å². The van der Waals surface area contributed by atoms with Crippen LogP contribution >= 0.6 is 12.4 Å². The lowest BCUT2D eigenvalue weighted by atomic mass is 10.0. The molecule has 0 saturated heterocycles. The molecule has 0 aliphatic rings. The number of hydrogen-bond donors (Lipinski definition) is 2. The first-order valence-corrected chi connectivity index (χ1v) is 3.93. The third kappa shape index (κ3) is 3.81. The molecule has 1 aromatic rings. The Morgan fingerprint density at radius 3 is 2.60 bits per heavy atom. The van der Waals surface area contributed by atoms with Crippen LogP contribution in [-0.4, -0.2) is 11.1 Å². The van der Waals surface area contributed by atoms with Crippen molar-refractivity contribution in [2.75, 3.05) is 0 Å². The van der Waals surface area contributed by atoms with Gasteiger partial charge in [0.2, 0.25) is 0 Å². The van der Waals surface area contributed by atoms with E-state index in [1.807, 2.05) is 0 Å². The Hall–Kier alpha value is -1.20. The summed E-state index contributed by atoms with van der Waals surface area (Å²) < 4.78 is 25.7. The number of carbonyl (C=O) groups is 1. The molecule has 0 aliphatic heterocycles. The summed E-state index contributed by atoms with van der Waals surface area (Å²) in [6, 6.07) is 1.75. The van der Waals surface area contributed by atoms with Crippen molar-refractivity contribution in [3.8, 4) is 0 Å². The molecule has 0 bridgehead atoms. The normalized spacial score (nSPS) is 11.7. The van der Waals surface area contributed by atoms with Crippen LogP contribution in [0.5, 0.6) is 0 Å². The third-order valence-electron chi connectivity index (χ3n) is 1.75. The van der Waals surface area contributed by atoms with E-state index in [9.17, 15) is 13.6 Å². The molecule has 0 fully saturated rings. The topological polar surface area (TPSA) is 63.3 Å². The fourth-order valence-electron chi connectivity index (χ4n) is 1.10. The lowest BCUT2D eigenvalue weighted by Gasteiger charge is -2.10. The first kappa shape index (κ1) is 13.8. The van der Waals surface area contributed by atoms with Crippen molar-refractivity contribution in [2.24, 2.45) is 5.73 Å². The minimum atomic E-state index is -1.15. The molecule has 3 nitrogen and oxygen atoms in total. The summed E-state index contributed by atoms with van der Waals surface area (Å²) in [5, 5.41) is 8.41. The van der Waals surface area contributed by atoms with Crippen molar-refractivity contribution in [3.05, 3.63) is 35.4 Å². The summed E-state index contributed by atoms with van der Waals surface area (Å²) in [6.07, 6.45) is -0.430. The zero-order chi connectivity index (χ0) is 10.7. The van der Waals surface area contributed by atoms with Crippen molar-refractivity contribution in [2.45, 2.75) is 12.5 Å².